The van der Waals surface area contributed by atoms with Crippen molar-refractivity contribution in [2.24, 2.45) is 0 Å². The number of aliphatic hydroxyl groups excluding tert-OH is 2. The average molecular weight is 1020 g/mol. The summed E-state index contributed by atoms with van der Waals surface area (Å²) in [7, 11) is 0. The van der Waals surface area contributed by atoms with Crippen molar-refractivity contribution in [2.75, 3.05) is 65.7 Å². The number of hydrogen-bond acceptors (Lipinski definition) is 8. The van der Waals surface area contributed by atoms with E-state index in [1.54, 1.807) is 0 Å². The molecule has 4 rings (SSSR count). The number of morpholine rings is 2. The number of ether oxygens (including phenoxy) is 2. The molecule has 2 fully saturated rings. The van der Waals surface area contributed by atoms with E-state index in [1.807, 2.05) is 60.7 Å². The Labute approximate surface area is 439 Å². The standard InChI is InChI=1S/2C29H50N2O3.2ClH/c2*1-2-3-4-5-6-7-8-9-10-11-12-13-17-20-28(32)30-27(25-31-21-23-34-24-22-31)29(33)26-18-15-14-16-19-26;;/h2*14-16,18-19,27,29,33H,2-13,17,20-25H2,1H3,(H,30,32);2*1H/t2*27-,29+;;/m10../s1. The first-order chi connectivity index (χ1) is 33.4. The van der Waals surface area contributed by atoms with Gasteiger partial charge in [-0.1, -0.05) is 229 Å². The highest BCUT2D eigenvalue weighted by atomic mass is 35.5. The molecule has 4 N–H and O–H groups in total. The predicted octanol–water partition coefficient (Wildman–Crippen LogP) is 12.9. The van der Waals surface area contributed by atoms with Crippen LogP contribution in [0.4, 0.5) is 0 Å². The summed E-state index contributed by atoms with van der Waals surface area (Å²) >= 11 is 0. The highest BCUT2D eigenvalue weighted by Crippen LogP contribution is 2.21. The van der Waals surface area contributed by atoms with Gasteiger partial charge in [-0.25, -0.2) is 0 Å². The maximum atomic E-state index is 12.7. The van der Waals surface area contributed by atoms with Crippen molar-refractivity contribution in [3.8, 4) is 0 Å². The van der Waals surface area contributed by atoms with Gasteiger partial charge in [0, 0.05) is 52.1 Å². The van der Waals surface area contributed by atoms with Crippen LogP contribution >= 0.6 is 24.8 Å². The molecule has 2 aromatic carbocycles. The number of aliphatic hydroxyl groups is 2. The van der Waals surface area contributed by atoms with Crippen LogP contribution in [0.25, 0.3) is 0 Å². The maximum absolute atomic E-state index is 12.7. The molecule has 0 unspecified atom stereocenters. The summed E-state index contributed by atoms with van der Waals surface area (Å²) in [4.78, 5) is 29.9. The van der Waals surface area contributed by atoms with Crippen LogP contribution in [-0.2, 0) is 19.1 Å². The molecule has 0 bridgehead atoms. The number of nitrogens with zero attached hydrogens (tertiary/aromatic N) is 2. The minimum absolute atomic E-state index is 0. The summed E-state index contributed by atoms with van der Waals surface area (Å²) in [5.74, 6) is 0.104. The van der Waals surface area contributed by atoms with Gasteiger partial charge in [0.25, 0.3) is 0 Å². The van der Waals surface area contributed by atoms with Crippen LogP contribution in [0.1, 0.15) is 217 Å². The summed E-state index contributed by atoms with van der Waals surface area (Å²) in [6.07, 6.45) is 33.5. The number of halogens is 2. The van der Waals surface area contributed by atoms with Crippen molar-refractivity contribution in [1.29, 1.82) is 0 Å². The number of carbonyl (C=O) groups excluding carboxylic acids is 2. The number of nitrogens with one attached hydrogen (secondary N) is 2. The van der Waals surface area contributed by atoms with Crippen molar-refractivity contribution < 1.29 is 29.3 Å². The second kappa shape index (κ2) is 45.3. The lowest BCUT2D eigenvalue weighted by Gasteiger charge is -2.33. The molecule has 2 heterocycles. The first-order valence-electron chi connectivity index (χ1n) is 28.1. The Hall–Kier alpha value is -2.28. The van der Waals surface area contributed by atoms with Crippen molar-refractivity contribution in [3.63, 3.8) is 0 Å². The highest BCUT2D eigenvalue weighted by Gasteiger charge is 2.27. The summed E-state index contributed by atoms with van der Waals surface area (Å²) in [6.45, 7) is 12.0. The molecule has 12 heteroatoms. The van der Waals surface area contributed by atoms with Gasteiger partial charge in [-0.15, -0.1) is 24.8 Å². The predicted molar refractivity (Wildman–Crippen MR) is 296 cm³/mol. The number of rotatable bonds is 38. The Morgan fingerprint density at radius 3 is 0.971 bits per heavy atom. The number of unbranched alkanes of at least 4 members (excludes halogenated alkanes) is 24. The van der Waals surface area contributed by atoms with Crippen molar-refractivity contribution >= 4 is 36.6 Å². The maximum Gasteiger partial charge on any atom is 0.220 e. The smallest absolute Gasteiger partial charge is 0.220 e. The molecule has 4 atom stereocenters. The van der Waals surface area contributed by atoms with E-state index in [0.29, 0.717) is 52.4 Å². The lowest BCUT2D eigenvalue weighted by molar-refractivity contribution is -0.124. The molecule has 10 nitrogen and oxygen atoms in total. The van der Waals surface area contributed by atoms with Crippen LogP contribution in [0.15, 0.2) is 60.7 Å². The fourth-order valence-corrected chi connectivity index (χ4v) is 9.50. The Bertz CT molecular complexity index is 1360. The van der Waals surface area contributed by atoms with Crippen molar-refractivity contribution in [1.82, 2.24) is 20.4 Å². The third kappa shape index (κ3) is 32.7. The molecule has 2 aliphatic rings. The molecular formula is C58H102Cl2N4O6. The first-order valence-corrected chi connectivity index (χ1v) is 28.1. The molecule has 0 radical (unpaired) electrons. The number of carbonyl (C=O) groups is 2. The molecule has 0 spiro atoms. The molecule has 2 aliphatic heterocycles. The van der Waals surface area contributed by atoms with Gasteiger partial charge in [0.15, 0.2) is 0 Å². The normalized spacial score (nSPS) is 15.8. The van der Waals surface area contributed by atoms with Gasteiger partial charge in [-0.05, 0) is 24.0 Å². The third-order valence-electron chi connectivity index (χ3n) is 13.9. The highest BCUT2D eigenvalue weighted by molar-refractivity contribution is 5.85. The monoisotopic (exact) mass is 1020 g/mol. The minimum Gasteiger partial charge on any atom is -0.386 e. The Balaban J connectivity index is 0.000000681. The van der Waals surface area contributed by atoms with Gasteiger partial charge < -0.3 is 30.3 Å². The van der Waals surface area contributed by atoms with E-state index in [2.05, 4.69) is 34.3 Å². The van der Waals surface area contributed by atoms with Crippen LogP contribution in [0, 0.1) is 0 Å². The fourth-order valence-electron chi connectivity index (χ4n) is 9.50. The number of benzene rings is 2. The Kier molecular flexibility index (Phi) is 42.6. The number of hydrogen-bond donors (Lipinski definition) is 4. The summed E-state index contributed by atoms with van der Waals surface area (Å²) < 4.78 is 10.9. The van der Waals surface area contributed by atoms with E-state index < -0.39 is 12.2 Å². The van der Waals surface area contributed by atoms with Crippen LogP contribution in [0.3, 0.4) is 0 Å². The average Bonchev–Trinajstić information content (AvgIpc) is 3.37. The zero-order valence-electron chi connectivity index (χ0n) is 44.2. The number of amides is 2. The van der Waals surface area contributed by atoms with Gasteiger partial charge in [0.2, 0.25) is 11.8 Å². The third-order valence-corrected chi connectivity index (χ3v) is 13.9. The van der Waals surface area contributed by atoms with Crippen LogP contribution in [-0.4, -0.2) is 110 Å². The Morgan fingerprint density at radius 1 is 0.443 bits per heavy atom. The quantitative estimate of drug-likeness (QED) is 0.0491. The van der Waals surface area contributed by atoms with Gasteiger partial charge in [-0.3, -0.25) is 19.4 Å². The molecule has 2 aromatic rings. The summed E-state index contributed by atoms with van der Waals surface area (Å²) in [5, 5.41) is 28.2. The second-order valence-electron chi connectivity index (χ2n) is 19.9. The molecule has 0 saturated carbocycles. The lowest BCUT2D eigenvalue weighted by Crippen LogP contribution is -2.49. The van der Waals surface area contributed by atoms with E-state index in [1.165, 1.54) is 141 Å². The van der Waals surface area contributed by atoms with Gasteiger partial charge >= 0.3 is 0 Å². The van der Waals surface area contributed by atoms with Gasteiger partial charge in [0.05, 0.1) is 38.5 Å². The fraction of sp³-hybridized carbons (Fsp3) is 0.759. The molecule has 2 amide bonds. The van der Waals surface area contributed by atoms with Gasteiger partial charge in [-0.2, -0.15) is 0 Å². The van der Waals surface area contributed by atoms with Crippen molar-refractivity contribution in [3.05, 3.63) is 71.8 Å². The van der Waals surface area contributed by atoms with E-state index >= 15 is 0 Å². The Morgan fingerprint density at radius 2 is 0.700 bits per heavy atom. The molecular weight excluding hydrogens is 920 g/mol. The molecule has 0 aromatic heterocycles. The van der Waals surface area contributed by atoms with E-state index in [0.717, 1.165) is 63.0 Å². The van der Waals surface area contributed by atoms with Crippen LogP contribution < -0.4 is 10.6 Å². The summed E-state index contributed by atoms with van der Waals surface area (Å²) in [5.41, 5.74) is 1.70. The minimum atomic E-state index is -0.709. The SMILES string of the molecule is CCCCCCCCCCCCCCCC(=O)N[C@@H](CN1CCOCC1)[C@H](O)c1ccccc1.CCCCCCCCCCCCCCCC(=O)N[C@H](CN1CCOCC1)[C@@H](O)c1ccccc1.Cl.Cl. The van der Waals surface area contributed by atoms with Crippen molar-refractivity contribution in [2.45, 2.75) is 218 Å². The molecule has 0 aliphatic carbocycles. The molecule has 404 valence electrons. The topological polar surface area (TPSA) is 124 Å². The van der Waals surface area contributed by atoms with Gasteiger partial charge in [0.1, 0.15) is 12.2 Å². The van der Waals surface area contributed by atoms with Crippen LogP contribution in [0.5, 0.6) is 0 Å². The molecule has 2 saturated heterocycles. The lowest BCUT2D eigenvalue weighted by atomic mass is 10.0. The summed E-state index contributed by atoms with van der Waals surface area (Å²) in [6, 6.07) is 18.7. The zero-order chi connectivity index (χ0) is 48.5. The zero-order valence-corrected chi connectivity index (χ0v) is 45.8. The second-order valence-corrected chi connectivity index (χ2v) is 19.9. The largest absolute Gasteiger partial charge is 0.386 e. The first kappa shape index (κ1) is 65.7. The van der Waals surface area contributed by atoms with Crippen LogP contribution in [0.2, 0.25) is 0 Å². The molecule has 70 heavy (non-hydrogen) atoms. The van der Waals surface area contributed by atoms with E-state index in [4.69, 9.17) is 9.47 Å². The van der Waals surface area contributed by atoms with E-state index in [-0.39, 0.29) is 48.7 Å². The van der Waals surface area contributed by atoms with E-state index in [9.17, 15) is 19.8 Å².